The third kappa shape index (κ3) is 3.47. The van der Waals surface area contributed by atoms with Gasteiger partial charge >= 0.3 is 0 Å². The van der Waals surface area contributed by atoms with Gasteiger partial charge in [-0.15, -0.1) is 0 Å². The van der Waals surface area contributed by atoms with Crippen molar-refractivity contribution >= 4 is 5.78 Å². The smallest absolute Gasteiger partial charge is 0.140 e. The third-order valence-corrected chi connectivity index (χ3v) is 3.41. The first-order chi connectivity index (χ1) is 7.84. The minimum absolute atomic E-state index is 0.335. The van der Waals surface area contributed by atoms with Crippen LogP contribution in [0, 0.1) is 5.92 Å². The van der Waals surface area contributed by atoms with Crippen LogP contribution in [0.4, 0.5) is 0 Å². The summed E-state index contributed by atoms with van der Waals surface area (Å²) in [5.74, 6) is 1.77. The molecule has 0 saturated heterocycles. The van der Waals surface area contributed by atoms with Crippen molar-refractivity contribution < 1.29 is 4.79 Å². The fourth-order valence-corrected chi connectivity index (χ4v) is 2.54. The number of Topliss-reactive ketones (excluding diaryl/α,β-unsaturated/α-hetero) is 1. The van der Waals surface area contributed by atoms with Crippen molar-refractivity contribution in [2.24, 2.45) is 5.92 Å². The van der Waals surface area contributed by atoms with Crippen LogP contribution in [0.2, 0.25) is 0 Å². The van der Waals surface area contributed by atoms with E-state index >= 15 is 0 Å². The van der Waals surface area contributed by atoms with Crippen LogP contribution in [0.15, 0.2) is 12.4 Å². The average Bonchev–Trinajstić information content (AvgIpc) is 2.62. The van der Waals surface area contributed by atoms with Crippen LogP contribution in [0.25, 0.3) is 0 Å². The van der Waals surface area contributed by atoms with E-state index in [1.807, 2.05) is 0 Å². The summed E-state index contributed by atoms with van der Waals surface area (Å²) in [4.78, 5) is 18.9. The Kier molecular flexibility index (Phi) is 4.14. The molecule has 0 bridgehead atoms. The van der Waals surface area contributed by atoms with E-state index in [-0.39, 0.29) is 0 Å². The van der Waals surface area contributed by atoms with Gasteiger partial charge in [0.25, 0.3) is 0 Å². The SMILES string of the molecule is O=C(Cc1ncc[nH]1)CC1CCCCCC1. The molecule has 1 aliphatic carbocycles. The van der Waals surface area contributed by atoms with Crippen LogP contribution in [0.5, 0.6) is 0 Å². The number of nitrogens with one attached hydrogen (secondary N) is 1. The van der Waals surface area contributed by atoms with Crippen molar-refractivity contribution in [3.63, 3.8) is 0 Å². The molecule has 0 aliphatic heterocycles. The Hall–Kier alpha value is -1.12. The van der Waals surface area contributed by atoms with E-state index in [9.17, 15) is 4.79 Å². The molecule has 0 aromatic carbocycles. The van der Waals surface area contributed by atoms with Gasteiger partial charge in [-0.3, -0.25) is 4.79 Å². The second kappa shape index (κ2) is 5.83. The number of hydrogen-bond donors (Lipinski definition) is 1. The van der Waals surface area contributed by atoms with E-state index in [0.29, 0.717) is 18.1 Å². The molecule has 88 valence electrons. The average molecular weight is 220 g/mol. The van der Waals surface area contributed by atoms with Crippen molar-refractivity contribution in [2.75, 3.05) is 0 Å². The van der Waals surface area contributed by atoms with Crippen molar-refractivity contribution in [2.45, 2.75) is 51.4 Å². The predicted molar refractivity (Wildman–Crippen MR) is 63.1 cm³/mol. The van der Waals surface area contributed by atoms with E-state index in [1.165, 1.54) is 38.5 Å². The Morgan fingerprint density at radius 1 is 1.31 bits per heavy atom. The van der Waals surface area contributed by atoms with Gasteiger partial charge in [0.15, 0.2) is 0 Å². The molecule has 0 radical (unpaired) electrons. The van der Waals surface area contributed by atoms with Gasteiger partial charge in [-0.25, -0.2) is 4.98 Å². The number of carbonyl (C=O) groups is 1. The molecule has 1 aromatic heterocycles. The Balaban J connectivity index is 1.77. The van der Waals surface area contributed by atoms with E-state index in [2.05, 4.69) is 9.97 Å². The van der Waals surface area contributed by atoms with Crippen molar-refractivity contribution in [3.8, 4) is 0 Å². The third-order valence-electron chi connectivity index (χ3n) is 3.41. The number of aromatic nitrogens is 2. The molecule has 0 amide bonds. The Bertz CT molecular complexity index is 311. The number of imidazole rings is 1. The van der Waals surface area contributed by atoms with Crippen LogP contribution in [-0.4, -0.2) is 15.8 Å². The summed E-state index contributed by atoms with van der Waals surface area (Å²) in [6.45, 7) is 0. The lowest BCUT2D eigenvalue weighted by Gasteiger charge is -2.11. The van der Waals surface area contributed by atoms with Crippen molar-refractivity contribution in [3.05, 3.63) is 18.2 Å². The fourth-order valence-electron chi connectivity index (χ4n) is 2.54. The van der Waals surface area contributed by atoms with E-state index in [4.69, 9.17) is 0 Å². The monoisotopic (exact) mass is 220 g/mol. The van der Waals surface area contributed by atoms with Crippen molar-refractivity contribution in [1.29, 1.82) is 0 Å². The Morgan fingerprint density at radius 2 is 2.06 bits per heavy atom. The van der Waals surface area contributed by atoms with Gasteiger partial charge in [0, 0.05) is 18.8 Å². The molecule has 1 N–H and O–H groups in total. The fraction of sp³-hybridized carbons (Fsp3) is 0.692. The number of hydrogen-bond acceptors (Lipinski definition) is 2. The molecule has 16 heavy (non-hydrogen) atoms. The number of H-pyrrole nitrogens is 1. The molecule has 1 aliphatic rings. The molecule has 2 rings (SSSR count). The number of carbonyl (C=O) groups excluding carboxylic acids is 1. The van der Waals surface area contributed by atoms with Gasteiger partial charge in [-0.2, -0.15) is 0 Å². The summed E-state index contributed by atoms with van der Waals surface area (Å²) in [5.41, 5.74) is 0. The molecule has 1 fully saturated rings. The number of aromatic amines is 1. The molecular weight excluding hydrogens is 200 g/mol. The molecule has 3 heteroatoms. The second-order valence-corrected chi connectivity index (χ2v) is 4.81. The minimum Gasteiger partial charge on any atom is -0.348 e. The lowest BCUT2D eigenvalue weighted by atomic mass is 9.93. The predicted octanol–water partition coefficient (Wildman–Crippen LogP) is 2.88. The van der Waals surface area contributed by atoms with Gasteiger partial charge in [0.1, 0.15) is 11.6 Å². The highest BCUT2D eigenvalue weighted by Gasteiger charge is 2.16. The van der Waals surface area contributed by atoms with Gasteiger partial charge in [0.2, 0.25) is 0 Å². The van der Waals surface area contributed by atoms with E-state index in [1.54, 1.807) is 12.4 Å². The maximum atomic E-state index is 11.8. The van der Waals surface area contributed by atoms with Crippen LogP contribution in [0.3, 0.4) is 0 Å². The van der Waals surface area contributed by atoms with Gasteiger partial charge < -0.3 is 4.98 Å². The zero-order chi connectivity index (χ0) is 11.2. The summed E-state index contributed by atoms with van der Waals surface area (Å²) in [6.07, 6.45) is 12.5. The number of rotatable bonds is 4. The first-order valence-electron chi connectivity index (χ1n) is 6.34. The van der Waals surface area contributed by atoms with Crippen LogP contribution in [-0.2, 0) is 11.2 Å². The quantitative estimate of drug-likeness (QED) is 0.793. The maximum Gasteiger partial charge on any atom is 0.140 e. The molecule has 0 unspecified atom stereocenters. The standard InChI is InChI=1S/C13H20N2O/c16-12(10-13-14-7-8-15-13)9-11-5-3-1-2-4-6-11/h7-8,11H,1-6,9-10H2,(H,14,15). The lowest BCUT2D eigenvalue weighted by molar-refractivity contribution is -0.119. The zero-order valence-electron chi connectivity index (χ0n) is 9.74. The lowest BCUT2D eigenvalue weighted by Crippen LogP contribution is -2.11. The highest BCUT2D eigenvalue weighted by atomic mass is 16.1. The minimum atomic E-state index is 0.335. The molecule has 1 heterocycles. The van der Waals surface area contributed by atoms with Gasteiger partial charge in [-0.05, 0) is 5.92 Å². The number of nitrogens with zero attached hydrogens (tertiary/aromatic N) is 1. The Labute approximate surface area is 96.7 Å². The molecule has 0 spiro atoms. The van der Waals surface area contributed by atoms with Gasteiger partial charge in [-0.1, -0.05) is 38.5 Å². The van der Waals surface area contributed by atoms with Crippen molar-refractivity contribution in [1.82, 2.24) is 9.97 Å². The summed E-state index contributed by atoms with van der Waals surface area (Å²) < 4.78 is 0. The molecule has 3 nitrogen and oxygen atoms in total. The van der Waals surface area contributed by atoms with Gasteiger partial charge in [0.05, 0.1) is 6.42 Å². The summed E-state index contributed by atoms with van der Waals surface area (Å²) >= 11 is 0. The first-order valence-corrected chi connectivity index (χ1v) is 6.34. The van der Waals surface area contributed by atoms with Crippen LogP contribution < -0.4 is 0 Å². The largest absolute Gasteiger partial charge is 0.348 e. The normalized spacial score (nSPS) is 18.2. The summed E-state index contributed by atoms with van der Waals surface area (Å²) in [7, 11) is 0. The molecule has 1 saturated carbocycles. The molecule has 1 aromatic rings. The van der Waals surface area contributed by atoms with E-state index in [0.717, 1.165) is 12.2 Å². The van der Waals surface area contributed by atoms with E-state index < -0.39 is 0 Å². The Morgan fingerprint density at radius 3 is 2.69 bits per heavy atom. The van der Waals surface area contributed by atoms with Crippen LogP contribution >= 0.6 is 0 Å². The summed E-state index contributed by atoms with van der Waals surface area (Å²) in [5, 5.41) is 0. The summed E-state index contributed by atoms with van der Waals surface area (Å²) in [6, 6.07) is 0. The highest BCUT2D eigenvalue weighted by molar-refractivity contribution is 5.80. The zero-order valence-corrected chi connectivity index (χ0v) is 9.74. The molecular formula is C13H20N2O. The first kappa shape index (κ1) is 11.4. The topological polar surface area (TPSA) is 45.8 Å². The van der Waals surface area contributed by atoms with Crippen LogP contribution in [0.1, 0.15) is 50.8 Å². The second-order valence-electron chi connectivity index (χ2n) is 4.81. The highest BCUT2D eigenvalue weighted by Crippen LogP contribution is 2.25. The maximum absolute atomic E-state index is 11.8. The molecule has 0 atom stereocenters. The number of ketones is 1.